The molecule has 0 aliphatic carbocycles. The van der Waals surface area contributed by atoms with Gasteiger partial charge in [0.2, 0.25) is 11.8 Å². The maximum Gasteiger partial charge on any atom is 0.240 e. The van der Waals surface area contributed by atoms with Crippen LogP contribution in [0.1, 0.15) is 38.7 Å². The molecular weight excluding hydrogens is 406 g/mol. The van der Waals surface area contributed by atoms with E-state index in [4.69, 9.17) is 21.1 Å². The number of nitrogens with one attached hydrogen (secondary N) is 2. The molecule has 30 heavy (non-hydrogen) atoms. The van der Waals surface area contributed by atoms with Gasteiger partial charge in [0.05, 0.1) is 19.4 Å². The molecule has 0 heterocycles. The number of hydrogen-bond donors (Lipinski definition) is 2. The molecule has 0 aliphatic heterocycles. The van der Waals surface area contributed by atoms with E-state index in [0.717, 1.165) is 12.2 Å². The number of hydrazone groups is 1. The van der Waals surface area contributed by atoms with Gasteiger partial charge in [-0.2, -0.15) is 5.10 Å². The number of ether oxygens (including phenoxy) is 2. The summed E-state index contributed by atoms with van der Waals surface area (Å²) in [6.45, 7) is 5.06. The predicted octanol–water partition coefficient (Wildman–Crippen LogP) is 4.40. The molecule has 0 saturated carbocycles. The van der Waals surface area contributed by atoms with Crippen LogP contribution >= 0.6 is 11.6 Å². The van der Waals surface area contributed by atoms with Gasteiger partial charge in [0, 0.05) is 29.1 Å². The van der Waals surface area contributed by atoms with E-state index in [-0.39, 0.29) is 24.7 Å². The summed E-state index contributed by atoms with van der Waals surface area (Å²) in [6.07, 6.45) is 2.38. The lowest BCUT2D eigenvalue weighted by Crippen LogP contribution is -2.20. The summed E-state index contributed by atoms with van der Waals surface area (Å²) in [6, 6.07) is 12.2. The lowest BCUT2D eigenvalue weighted by molar-refractivity contribution is -0.124. The Balaban J connectivity index is 1.79. The molecule has 160 valence electrons. The fourth-order valence-corrected chi connectivity index (χ4v) is 2.63. The number of carbonyl (C=O) groups is 2. The van der Waals surface area contributed by atoms with E-state index in [2.05, 4.69) is 15.8 Å². The largest absolute Gasteiger partial charge is 0.494 e. The van der Waals surface area contributed by atoms with Gasteiger partial charge in [-0.15, -0.1) is 0 Å². The number of amides is 2. The third-order valence-corrected chi connectivity index (χ3v) is 4.09. The topological polar surface area (TPSA) is 89.0 Å². The first-order valence-electron chi connectivity index (χ1n) is 9.78. The van der Waals surface area contributed by atoms with Crippen LogP contribution in [-0.2, 0) is 9.59 Å². The Morgan fingerprint density at radius 3 is 2.47 bits per heavy atom. The smallest absolute Gasteiger partial charge is 0.240 e. The van der Waals surface area contributed by atoms with Gasteiger partial charge < -0.3 is 14.8 Å². The number of hydrogen-bond acceptors (Lipinski definition) is 5. The quantitative estimate of drug-likeness (QED) is 0.407. The first-order valence-corrected chi connectivity index (χ1v) is 10.2. The van der Waals surface area contributed by atoms with Crippen LogP contribution in [0.5, 0.6) is 11.5 Å². The maximum atomic E-state index is 12.0. The van der Waals surface area contributed by atoms with Crippen molar-refractivity contribution in [3.05, 3.63) is 53.1 Å². The van der Waals surface area contributed by atoms with E-state index in [1.807, 2.05) is 13.8 Å². The molecule has 0 aromatic heterocycles. The van der Waals surface area contributed by atoms with Gasteiger partial charge in [-0.1, -0.05) is 18.5 Å². The Morgan fingerprint density at radius 1 is 1.03 bits per heavy atom. The molecule has 2 rings (SSSR count). The monoisotopic (exact) mass is 431 g/mol. The normalized spacial score (nSPS) is 10.6. The minimum absolute atomic E-state index is 0.00887. The summed E-state index contributed by atoms with van der Waals surface area (Å²) in [5.41, 5.74) is 3.71. The summed E-state index contributed by atoms with van der Waals surface area (Å²) in [5.74, 6) is 0.735. The summed E-state index contributed by atoms with van der Waals surface area (Å²) in [5, 5.41) is 7.21. The second kappa shape index (κ2) is 12.5. The third-order valence-electron chi connectivity index (χ3n) is 3.85. The highest BCUT2D eigenvalue weighted by atomic mass is 35.5. The summed E-state index contributed by atoms with van der Waals surface area (Å²) in [7, 11) is 0. The fourth-order valence-electron chi connectivity index (χ4n) is 2.45. The number of halogens is 1. The van der Waals surface area contributed by atoms with Gasteiger partial charge in [-0.3, -0.25) is 9.59 Å². The van der Waals surface area contributed by atoms with Crippen molar-refractivity contribution in [3.8, 4) is 11.5 Å². The van der Waals surface area contributed by atoms with Gasteiger partial charge in [-0.25, -0.2) is 5.43 Å². The van der Waals surface area contributed by atoms with Crippen molar-refractivity contribution >= 4 is 35.3 Å². The summed E-state index contributed by atoms with van der Waals surface area (Å²) < 4.78 is 11.0. The molecule has 0 atom stereocenters. The standard InChI is InChI=1S/C22H26ClN3O4/c1-3-13-30-20-10-5-17(23)14-16(20)15-24-26-22(28)12-11-21(27)25-18-6-8-19(9-7-18)29-4-2/h5-10,14-15H,3-4,11-13H2,1-2H3,(H,25,27)(H,26,28). The Kier molecular flexibility index (Phi) is 9.67. The molecular formula is C22H26ClN3O4. The zero-order valence-electron chi connectivity index (χ0n) is 17.1. The van der Waals surface area contributed by atoms with Gasteiger partial charge >= 0.3 is 0 Å². The highest BCUT2D eigenvalue weighted by Gasteiger charge is 2.08. The highest BCUT2D eigenvalue weighted by molar-refractivity contribution is 6.30. The first kappa shape index (κ1) is 23.2. The van der Waals surface area contributed by atoms with Crippen LogP contribution in [0.25, 0.3) is 0 Å². The number of benzene rings is 2. The molecule has 7 nitrogen and oxygen atoms in total. The zero-order valence-corrected chi connectivity index (χ0v) is 17.9. The van der Waals surface area contributed by atoms with Crippen molar-refractivity contribution in [2.75, 3.05) is 18.5 Å². The minimum atomic E-state index is -0.369. The van der Waals surface area contributed by atoms with Crippen LogP contribution in [0.4, 0.5) is 5.69 Å². The third kappa shape index (κ3) is 8.13. The van der Waals surface area contributed by atoms with Crippen LogP contribution in [0.15, 0.2) is 47.6 Å². The van der Waals surface area contributed by atoms with Gasteiger partial charge in [0.15, 0.2) is 0 Å². The maximum absolute atomic E-state index is 12.0. The molecule has 0 unspecified atom stereocenters. The fraction of sp³-hybridized carbons (Fsp3) is 0.318. The molecule has 0 radical (unpaired) electrons. The molecule has 0 saturated heterocycles. The number of nitrogens with zero attached hydrogens (tertiary/aromatic N) is 1. The SMILES string of the molecule is CCCOc1ccc(Cl)cc1C=NNC(=O)CCC(=O)Nc1ccc(OCC)cc1. The van der Waals surface area contributed by atoms with Gasteiger partial charge in [-0.05, 0) is 55.8 Å². The van der Waals surface area contributed by atoms with E-state index in [1.54, 1.807) is 42.5 Å². The molecule has 0 fully saturated rings. The van der Waals surface area contributed by atoms with E-state index in [9.17, 15) is 9.59 Å². The van der Waals surface area contributed by atoms with E-state index >= 15 is 0 Å². The number of anilines is 1. The average molecular weight is 432 g/mol. The second-order valence-electron chi connectivity index (χ2n) is 6.33. The van der Waals surface area contributed by atoms with E-state index in [0.29, 0.717) is 35.2 Å². The average Bonchev–Trinajstić information content (AvgIpc) is 2.73. The van der Waals surface area contributed by atoms with Crippen molar-refractivity contribution in [1.29, 1.82) is 0 Å². The lowest BCUT2D eigenvalue weighted by atomic mass is 10.2. The summed E-state index contributed by atoms with van der Waals surface area (Å²) >= 11 is 6.01. The molecule has 2 N–H and O–H groups in total. The Hall–Kier alpha value is -3.06. The molecule has 0 bridgehead atoms. The van der Waals surface area contributed by atoms with Crippen LogP contribution in [-0.4, -0.2) is 31.2 Å². The Bertz CT molecular complexity index is 869. The summed E-state index contributed by atoms with van der Waals surface area (Å²) in [4.78, 5) is 24.0. The van der Waals surface area contributed by atoms with Crippen LogP contribution in [0.2, 0.25) is 5.02 Å². The Morgan fingerprint density at radius 2 is 1.77 bits per heavy atom. The van der Waals surface area contributed by atoms with Crippen molar-refractivity contribution in [2.45, 2.75) is 33.1 Å². The van der Waals surface area contributed by atoms with Gasteiger partial charge in [0.1, 0.15) is 11.5 Å². The molecule has 2 amide bonds. The lowest BCUT2D eigenvalue weighted by Gasteiger charge is -2.08. The van der Waals surface area contributed by atoms with Crippen molar-refractivity contribution in [1.82, 2.24) is 5.43 Å². The number of carbonyl (C=O) groups excluding carboxylic acids is 2. The van der Waals surface area contributed by atoms with Crippen LogP contribution in [0, 0.1) is 0 Å². The molecule has 2 aromatic rings. The second-order valence-corrected chi connectivity index (χ2v) is 6.77. The predicted molar refractivity (Wildman–Crippen MR) is 118 cm³/mol. The van der Waals surface area contributed by atoms with Crippen LogP contribution < -0.4 is 20.2 Å². The van der Waals surface area contributed by atoms with Crippen LogP contribution in [0.3, 0.4) is 0 Å². The van der Waals surface area contributed by atoms with Crippen molar-refractivity contribution in [2.24, 2.45) is 5.10 Å². The number of rotatable bonds is 11. The molecule has 0 spiro atoms. The first-order chi connectivity index (χ1) is 14.5. The highest BCUT2D eigenvalue weighted by Crippen LogP contribution is 2.21. The van der Waals surface area contributed by atoms with Gasteiger partial charge in [0.25, 0.3) is 0 Å². The molecule has 0 aliphatic rings. The van der Waals surface area contributed by atoms with E-state index in [1.165, 1.54) is 6.21 Å². The zero-order chi connectivity index (χ0) is 21.8. The van der Waals surface area contributed by atoms with E-state index < -0.39 is 0 Å². The molecule has 2 aromatic carbocycles. The molecule has 8 heteroatoms. The minimum Gasteiger partial charge on any atom is -0.494 e. The van der Waals surface area contributed by atoms with Crippen molar-refractivity contribution < 1.29 is 19.1 Å². The Labute approximate surface area is 181 Å². The van der Waals surface area contributed by atoms with Crippen molar-refractivity contribution in [3.63, 3.8) is 0 Å².